The minimum atomic E-state index is 0.645. The maximum Gasteiger partial charge on any atom is 0.188 e. The Kier molecular flexibility index (Phi) is 22.3. The van der Waals surface area contributed by atoms with Crippen molar-refractivity contribution in [2.45, 2.75) is 0 Å². The minimum Gasteiger partial charge on any atom is -0.308 e. The van der Waals surface area contributed by atoms with Crippen molar-refractivity contribution in [2.24, 2.45) is 0 Å². The maximum absolute atomic E-state index is 4.92. The predicted octanol–water partition coefficient (Wildman–Crippen LogP) is 26.0. The molecule has 16 aromatic heterocycles. The highest BCUT2D eigenvalue weighted by Crippen LogP contribution is 2.41. The van der Waals surface area contributed by atoms with Crippen LogP contribution in [0.25, 0.3) is 224 Å². The Hall–Kier alpha value is -20.4. The quantitative estimate of drug-likeness (QED) is 0.0872. The van der Waals surface area contributed by atoms with E-state index in [0.29, 0.717) is 29.1 Å². The third kappa shape index (κ3) is 15.7. The van der Waals surface area contributed by atoms with Crippen molar-refractivity contribution >= 4 is 87.2 Å². The van der Waals surface area contributed by atoms with E-state index in [1.54, 1.807) is 43.4 Å². The number of pyridine rings is 8. The van der Waals surface area contributed by atoms with Crippen LogP contribution in [0, 0.1) is 0 Å². The average molecular weight is 1860 g/mol. The zero-order chi connectivity index (χ0) is 95.6. The van der Waals surface area contributed by atoms with E-state index in [9.17, 15) is 0 Å². The van der Waals surface area contributed by atoms with Crippen molar-refractivity contribution in [2.75, 3.05) is 0 Å². The summed E-state index contributed by atoms with van der Waals surface area (Å²) < 4.78 is 17.0. The van der Waals surface area contributed by atoms with Crippen LogP contribution in [0.3, 0.4) is 0 Å². The summed E-state index contributed by atoms with van der Waals surface area (Å²) in [4.78, 5) is 36.9. The highest BCUT2D eigenvalue weighted by Gasteiger charge is 2.27. The third-order valence-electron chi connectivity index (χ3n) is 25.7. The van der Waals surface area contributed by atoms with E-state index in [1.807, 2.05) is 237 Å². The predicted molar refractivity (Wildman–Crippen MR) is 569 cm³/mol. The standard InChI is InChI=1S/4C30H20N6/c1-2-10-21(11-3-1)29-33-34-30(25-14-8-9-19-31-25)36(29)28-18-17-22(20-32-28)35-26-15-6-4-12-23(26)24-13-5-7-16-27(24)35;1-2-9-21(10-3-1)29-33-34-30(22-11-8-18-31-19-22)35(29)23-16-17-28(32-20-23)36-26-14-6-4-12-24(26)25-13-5-7-15-27(25)36;1-2-9-21(10-3-1)29-33-34-30(22-11-8-18-31-19-22)36(29)28-17-16-23(20-32-28)35-26-14-6-4-12-24(26)25-13-5-7-15-27(25)35;1-2-8-21(9-3-1)29-33-34-30(22-16-18-31-19-17-22)36(29)28-15-14-23(20-32-28)35-26-12-6-4-10-24(26)25-11-5-7-13-27(25)35/h4*1-20H. The molecule has 0 aliphatic rings. The molecule has 12 aromatic carbocycles. The third-order valence-corrected chi connectivity index (χ3v) is 25.7. The lowest BCUT2D eigenvalue weighted by Gasteiger charge is -2.12. The van der Waals surface area contributed by atoms with Gasteiger partial charge in [0.25, 0.3) is 0 Å². The molecule has 24 nitrogen and oxygen atoms in total. The summed E-state index contributed by atoms with van der Waals surface area (Å²) in [7, 11) is 0. The van der Waals surface area contributed by atoms with Gasteiger partial charge in [-0.15, -0.1) is 40.8 Å². The molecule has 0 radical (unpaired) electrons. The molecular formula is C120H80N24. The summed E-state index contributed by atoms with van der Waals surface area (Å²) in [6, 6.07) is 142. The molecule has 16 heterocycles. The van der Waals surface area contributed by atoms with Gasteiger partial charge < -0.3 is 13.7 Å². The summed E-state index contributed by atoms with van der Waals surface area (Å²) >= 11 is 0. The highest BCUT2D eigenvalue weighted by molar-refractivity contribution is 6.12. The minimum absolute atomic E-state index is 0.645. The molecule has 0 unspecified atom stereocenters. The zero-order valence-electron chi connectivity index (χ0n) is 76.9. The van der Waals surface area contributed by atoms with Crippen LogP contribution in [0.4, 0.5) is 0 Å². The SMILES string of the molecule is c1ccc(-c2nnc(-c3ccccn3)n2-c2ccc(-n3c4ccccc4c4ccccc43)cn2)cc1.c1ccc(-c2nnc(-c3cccnc3)n2-c2ccc(-n3c4ccccc4c4ccccc43)cn2)cc1.c1ccc(-c2nnc(-c3cccnc3)n2-c2ccc(-n3c4ccccc4c4ccccc43)nc2)cc1.c1ccc(-c2nnc(-c3ccncc3)n2-c2ccc(-n3c4ccccc4c4ccccc43)cn2)cc1. The Balaban J connectivity index is 0.000000101. The first-order valence-corrected chi connectivity index (χ1v) is 47.0. The van der Waals surface area contributed by atoms with E-state index in [0.717, 1.165) is 152 Å². The molecular weight excluding hydrogens is 1780 g/mol. The van der Waals surface area contributed by atoms with Crippen LogP contribution < -0.4 is 0 Å². The number of benzene rings is 12. The van der Waals surface area contributed by atoms with Gasteiger partial charge in [0.05, 0.1) is 91.7 Å². The Morgan fingerprint density at radius 2 is 0.368 bits per heavy atom. The highest BCUT2D eigenvalue weighted by atomic mass is 15.3. The largest absolute Gasteiger partial charge is 0.308 e. The smallest absolute Gasteiger partial charge is 0.188 e. The Morgan fingerprint density at radius 3 is 0.653 bits per heavy atom. The van der Waals surface area contributed by atoms with Gasteiger partial charge >= 0.3 is 0 Å². The summed E-state index contributed by atoms with van der Waals surface area (Å²) in [5.41, 5.74) is 20.3. The van der Waals surface area contributed by atoms with Crippen molar-refractivity contribution in [3.05, 3.63) is 487 Å². The van der Waals surface area contributed by atoms with Crippen LogP contribution in [0.1, 0.15) is 0 Å². The normalized spacial score (nSPS) is 11.3. The molecule has 680 valence electrons. The van der Waals surface area contributed by atoms with E-state index in [1.165, 1.54) is 43.1 Å². The zero-order valence-corrected chi connectivity index (χ0v) is 76.9. The van der Waals surface area contributed by atoms with Crippen molar-refractivity contribution in [3.63, 3.8) is 0 Å². The van der Waals surface area contributed by atoms with Gasteiger partial charge in [0, 0.05) is 125 Å². The first kappa shape index (κ1) is 85.3. The molecule has 0 atom stereocenters. The number of hydrogen-bond acceptors (Lipinski definition) is 16. The van der Waals surface area contributed by atoms with Crippen LogP contribution in [0.2, 0.25) is 0 Å². The number of hydrogen-bond donors (Lipinski definition) is 0. The number of rotatable bonds is 16. The van der Waals surface area contributed by atoms with Crippen molar-refractivity contribution in [1.29, 1.82) is 0 Å². The maximum atomic E-state index is 4.92. The molecule has 0 amide bonds. The van der Waals surface area contributed by atoms with E-state index >= 15 is 0 Å². The summed E-state index contributed by atoms with van der Waals surface area (Å²) in [5.74, 6) is 8.77. The molecule has 0 fully saturated rings. The van der Waals surface area contributed by atoms with Gasteiger partial charge in [-0.05, 0) is 146 Å². The summed E-state index contributed by atoms with van der Waals surface area (Å²) in [6.07, 6.45) is 20.0. The lowest BCUT2D eigenvalue weighted by molar-refractivity contribution is 0.988. The van der Waals surface area contributed by atoms with Crippen molar-refractivity contribution in [1.82, 2.24) is 117 Å². The molecule has 24 heteroatoms. The molecule has 144 heavy (non-hydrogen) atoms. The molecule has 0 saturated carbocycles. The van der Waals surface area contributed by atoms with Gasteiger partial charge in [-0.1, -0.05) is 273 Å². The fourth-order valence-corrected chi connectivity index (χ4v) is 19.2. The van der Waals surface area contributed by atoms with Gasteiger partial charge in [0.15, 0.2) is 46.6 Å². The van der Waals surface area contributed by atoms with Crippen molar-refractivity contribution in [3.8, 4) is 137 Å². The van der Waals surface area contributed by atoms with Gasteiger partial charge in [-0.3, -0.25) is 42.8 Å². The Labute approximate surface area is 823 Å². The summed E-state index contributed by atoms with van der Waals surface area (Å²) in [6.45, 7) is 0. The van der Waals surface area contributed by atoms with Crippen LogP contribution >= 0.6 is 0 Å². The second-order valence-electron chi connectivity index (χ2n) is 34.1. The second kappa shape index (κ2) is 37.6. The van der Waals surface area contributed by atoms with Gasteiger partial charge in [0.2, 0.25) is 0 Å². The van der Waals surface area contributed by atoms with Crippen LogP contribution in [-0.2, 0) is 0 Å². The fourth-order valence-electron chi connectivity index (χ4n) is 19.2. The van der Waals surface area contributed by atoms with Crippen LogP contribution in [-0.4, -0.2) is 117 Å². The first-order chi connectivity index (χ1) is 71.5. The molecule has 0 aliphatic carbocycles. The number of para-hydroxylation sites is 8. The molecule has 0 N–H and O–H groups in total. The molecule has 0 aliphatic heterocycles. The fraction of sp³-hybridized carbons (Fsp3) is 0. The second-order valence-corrected chi connectivity index (χ2v) is 34.1. The number of nitrogens with zero attached hydrogens (tertiary/aromatic N) is 24. The Morgan fingerprint density at radius 1 is 0.132 bits per heavy atom. The molecule has 0 bridgehead atoms. The van der Waals surface area contributed by atoms with E-state index < -0.39 is 0 Å². The van der Waals surface area contributed by atoms with Crippen LogP contribution in [0.5, 0.6) is 0 Å². The molecule has 28 rings (SSSR count). The average Bonchev–Trinajstić information content (AvgIpc) is 1.60. The summed E-state index contributed by atoms with van der Waals surface area (Å²) in [5, 5.41) is 46.0. The Bertz CT molecular complexity index is 7930. The first-order valence-electron chi connectivity index (χ1n) is 47.0. The molecule has 0 spiro atoms. The van der Waals surface area contributed by atoms with Crippen LogP contribution in [0.15, 0.2) is 487 Å². The van der Waals surface area contributed by atoms with Gasteiger partial charge in [-0.2, -0.15) is 0 Å². The molecule has 0 saturated heterocycles. The lowest BCUT2D eigenvalue weighted by atomic mass is 10.2. The monoisotopic (exact) mass is 1860 g/mol. The van der Waals surface area contributed by atoms with Crippen molar-refractivity contribution < 1.29 is 0 Å². The lowest BCUT2D eigenvalue weighted by Crippen LogP contribution is -2.04. The number of fused-ring (bicyclic) bond motifs is 12. The molecule has 28 aromatic rings. The van der Waals surface area contributed by atoms with E-state index in [2.05, 4.69) is 303 Å². The number of aromatic nitrogens is 24. The van der Waals surface area contributed by atoms with Gasteiger partial charge in [0.1, 0.15) is 29.0 Å². The topological polar surface area (TPSA) is 246 Å². The van der Waals surface area contributed by atoms with E-state index in [4.69, 9.17) is 19.9 Å². The van der Waals surface area contributed by atoms with Gasteiger partial charge in [-0.25, -0.2) is 19.9 Å². The van der Waals surface area contributed by atoms with E-state index in [-0.39, 0.29) is 0 Å².